The number of hydrogen-bond acceptors (Lipinski definition) is 2. The van der Waals surface area contributed by atoms with Crippen molar-refractivity contribution in [1.29, 1.82) is 0 Å². The lowest BCUT2D eigenvalue weighted by atomic mass is 10.0. The summed E-state index contributed by atoms with van der Waals surface area (Å²) in [6, 6.07) is 3.86. The monoisotopic (exact) mass is 349 g/mol. The zero-order chi connectivity index (χ0) is 17.4. The lowest BCUT2D eigenvalue weighted by Crippen LogP contribution is -2.06. The maximum absolute atomic E-state index is 14.1. The molecule has 0 N–H and O–H groups in total. The minimum absolute atomic E-state index is 0.0402. The van der Waals surface area contributed by atoms with Crippen LogP contribution in [0, 0.1) is 24.4 Å². The van der Waals surface area contributed by atoms with E-state index in [9.17, 15) is 13.2 Å². The number of benzene rings is 2. The molecule has 0 fully saturated rings. The number of thioether (sulfide) groups is 1. The molecule has 0 aliphatic carbocycles. The largest absolute Gasteiger partial charge is 0.276 e. The van der Waals surface area contributed by atoms with E-state index < -0.39 is 17.5 Å². The maximum atomic E-state index is 14.1. The number of aliphatic imine (C=N–C) groups is 1. The highest BCUT2D eigenvalue weighted by atomic mass is 32.2. The van der Waals surface area contributed by atoms with Gasteiger partial charge in [-0.25, -0.2) is 13.2 Å². The molecular formula is C19H18F3NS. The minimum atomic E-state index is -1.17. The first kappa shape index (κ1) is 17.1. The van der Waals surface area contributed by atoms with Gasteiger partial charge in [-0.2, -0.15) is 0 Å². The van der Waals surface area contributed by atoms with E-state index in [-0.39, 0.29) is 16.0 Å². The van der Waals surface area contributed by atoms with Crippen LogP contribution in [-0.2, 0) is 0 Å². The molecule has 0 spiro atoms. The third kappa shape index (κ3) is 2.97. The van der Waals surface area contributed by atoms with Crippen LogP contribution in [0.25, 0.3) is 10.8 Å². The van der Waals surface area contributed by atoms with Gasteiger partial charge in [0.15, 0.2) is 11.6 Å². The molecule has 1 aliphatic rings. The molecule has 2 aromatic carbocycles. The van der Waals surface area contributed by atoms with Gasteiger partial charge in [0.25, 0.3) is 0 Å². The number of aryl methyl sites for hydroxylation is 1. The fraction of sp³-hybridized carbons (Fsp3) is 0.316. The van der Waals surface area contributed by atoms with Crippen molar-refractivity contribution < 1.29 is 13.2 Å². The van der Waals surface area contributed by atoms with E-state index in [1.165, 1.54) is 6.07 Å². The molecule has 1 heterocycles. The molecule has 24 heavy (non-hydrogen) atoms. The smallest absolute Gasteiger partial charge is 0.166 e. The standard InChI is InChI=1S/C19H18F3NS/c1-4-5-10(2)16-9-23-19(24-16)12-6-11(3)17-13(7-12)18(22)15(21)8-14(17)20/h6-8,16H,2,4-5,9H2,1,3H3. The summed E-state index contributed by atoms with van der Waals surface area (Å²) in [5.74, 6) is -2.94. The Bertz CT molecular complexity index is 858. The normalized spacial score (nSPS) is 17.4. The summed E-state index contributed by atoms with van der Waals surface area (Å²) in [5.41, 5.74) is 2.40. The van der Waals surface area contributed by atoms with Crippen LogP contribution in [0.5, 0.6) is 0 Å². The Labute approximate surface area is 143 Å². The summed E-state index contributed by atoms with van der Waals surface area (Å²) in [5, 5.41) is 1.06. The Balaban J connectivity index is 2.00. The van der Waals surface area contributed by atoms with E-state index in [4.69, 9.17) is 0 Å². The summed E-state index contributed by atoms with van der Waals surface area (Å²) in [7, 11) is 0. The average Bonchev–Trinajstić information content (AvgIpc) is 3.02. The zero-order valence-corrected chi connectivity index (χ0v) is 14.4. The molecule has 0 saturated carbocycles. The molecule has 1 atom stereocenters. The van der Waals surface area contributed by atoms with Crippen molar-refractivity contribution in [1.82, 2.24) is 0 Å². The van der Waals surface area contributed by atoms with Gasteiger partial charge >= 0.3 is 0 Å². The second-order valence-corrected chi connectivity index (χ2v) is 7.22. The van der Waals surface area contributed by atoms with Gasteiger partial charge in [0.2, 0.25) is 0 Å². The van der Waals surface area contributed by atoms with Gasteiger partial charge in [0.1, 0.15) is 5.82 Å². The van der Waals surface area contributed by atoms with E-state index in [1.54, 1.807) is 24.8 Å². The Morgan fingerprint density at radius 1 is 1.25 bits per heavy atom. The van der Waals surface area contributed by atoms with Crippen LogP contribution in [0.1, 0.15) is 30.9 Å². The average molecular weight is 349 g/mol. The van der Waals surface area contributed by atoms with Crippen molar-refractivity contribution in [2.24, 2.45) is 4.99 Å². The zero-order valence-electron chi connectivity index (χ0n) is 13.6. The topological polar surface area (TPSA) is 12.4 Å². The SMILES string of the molecule is C=C(CCC)C1CN=C(c2cc(C)c3c(F)cc(F)c(F)c3c2)S1. The van der Waals surface area contributed by atoms with E-state index >= 15 is 0 Å². The van der Waals surface area contributed by atoms with Crippen molar-refractivity contribution >= 4 is 27.6 Å². The van der Waals surface area contributed by atoms with Crippen LogP contribution in [0.3, 0.4) is 0 Å². The highest BCUT2D eigenvalue weighted by Crippen LogP contribution is 2.34. The Morgan fingerprint density at radius 3 is 2.71 bits per heavy atom. The first-order valence-electron chi connectivity index (χ1n) is 7.89. The van der Waals surface area contributed by atoms with Gasteiger partial charge in [-0.05, 0) is 31.0 Å². The number of fused-ring (bicyclic) bond motifs is 1. The second kappa shape index (κ2) is 6.63. The molecule has 0 bridgehead atoms. The lowest BCUT2D eigenvalue weighted by molar-refractivity contribution is 0.505. The van der Waals surface area contributed by atoms with Gasteiger partial charge in [-0.15, -0.1) is 0 Å². The van der Waals surface area contributed by atoms with Gasteiger partial charge in [0, 0.05) is 22.4 Å². The Hall–Kier alpha value is -1.75. The quantitative estimate of drug-likeness (QED) is 0.503. The van der Waals surface area contributed by atoms with E-state index in [2.05, 4.69) is 18.5 Å². The summed E-state index contributed by atoms with van der Waals surface area (Å²) >= 11 is 1.58. The molecule has 1 nitrogen and oxygen atoms in total. The van der Waals surface area contributed by atoms with Crippen molar-refractivity contribution in [2.45, 2.75) is 31.9 Å². The Morgan fingerprint density at radius 2 is 2.00 bits per heavy atom. The third-order valence-electron chi connectivity index (χ3n) is 4.20. The summed E-state index contributed by atoms with van der Waals surface area (Å²) in [6.07, 6.45) is 1.98. The predicted molar refractivity (Wildman–Crippen MR) is 95.4 cm³/mol. The van der Waals surface area contributed by atoms with E-state index in [0.717, 1.165) is 23.5 Å². The summed E-state index contributed by atoms with van der Waals surface area (Å²) < 4.78 is 41.7. The van der Waals surface area contributed by atoms with Crippen LogP contribution < -0.4 is 0 Å². The van der Waals surface area contributed by atoms with Crippen molar-refractivity contribution in [3.63, 3.8) is 0 Å². The lowest BCUT2D eigenvalue weighted by Gasteiger charge is -2.12. The molecule has 5 heteroatoms. The molecule has 2 aromatic rings. The predicted octanol–water partition coefficient (Wildman–Crippen LogP) is 5.78. The van der Waals surface area contributed by atoms with Gasteiger partial charge in [-0.3, -0.25) is 4.99 Å². The fourth-order valence-electron chi connectivity index (χ4n) is 3.01. The van der Waals surface area contributed by atoms with Crippen molar-refractivity contribution in [3.8, 4) is 0 Å². The molecule has 126 valence electrons. The third-order valence-corrected chi connectivity index (χ3v) is 5.56. The van der Waals surface area contributed by atoms with Crippen LogP contribution in [0.4, 0.5) is 13.2 Å². The van der Waals surface area contributed by atoms with E-state index in [0.29, 0.717) is 23.7 Å². The van der Waals surface area contributed by atoms with Crippen LogP contribution in [0.2, 0.25) is 0 Å². The van der Waals surface area contributed by atoms with Crippen LogP contribution in [-0.4, -0.2) is 16.8 Å². The van der Waals surface area contributed by atoms with Crippen LogP contribution in [0.15, 0.2) is 35.3 Å². The molecule has 1 unspecified atom stereocenters. The van der Waals surface area contributed by atoms with Gasteiger partial charge < -0.3 is 0 Å². The number of nitrogens with zero attached hydrogens (tertiary/aromatic N) is 1. The molecule has 1 aliphatic heterocycles. The number of rotatable bonds is 4. The van der Waals surface area contributed by atoms with Crippen LogP contribution >= 0.6 is 11.8 Å². The highest BCUT2D eigenvalue weighted by molar-refractivity contribution is 8.15. The second-order valence-electron chi connectivity index (χ2n) is 6.03. The summed E-state index contributed by atoms with van der Waals surface area (Å²) in [4.78, 5) is 4.52. The molecular weight excluding hydrogens is 331 g/mol. The summed E-state index contributed by atoms with van der Waals surface area (Å²) in [6.45, 7) is 8.54. The minimum Gasteiger partial charge on any atom is -0.276 e. The van der Waals surface area contributed by atoms with Crippen molar-refractivity contribution in [3.05, 3.63) is 58.9 Å². The Kier molecular flexibility index (Phi) is 4.72. The van der Waals surface area contributed by atoms with Gasteiger partial charge in [-0.1, -0.05) is 37.3 Å². The number of hydrogen-bond donors (Lipinski definition) is 0. The maximum Gasteiger partial charge on any atom is 0.166 e. The molecule has 0 aromatic heterocycles. The van der Waals surface area contributed by atoms with Crippen molar-refractivity contribution in [2.75, 3.05) is 6.54 Å². The van der Waals surface area contributed by atoms with E-state index in [1.807, 2.05) is 0 Å². The fourth-order valence-corrected chi connectivity index (χ4v) is 4.11. The molecule has 0 saturated heterocycles. The molecule has 0 amide bonds. The molecule has 0 radical (unpaired) electrons. The number of halogens is 3. The molecule has 3 rings (SSSR count). The first-order valence-corrected chi connectivity index (χ1v) is 8.77. The van der Waals surface area contributed by atoms with Gasteiger partial charge in [0.05, 0.1) is 16.8 Å². The highest BCUT2D eigenvalue weighted by Gasteiger charge is 2.24. The first-order chi connectivity index (χ1) is 11.4.